The molecule has 0 atom stereocenters. The third kappa shape index (κ3) is 9.38. The Balaban J connectivity index is 2.56. The molecule has 9 nitrogen and oxygen atoms in total. The van der Waals surface area contributed by atoms with Gasteiger partial charge >= 0.3 is 49.4 Å². The lowest BCUT2D eigenvalue weighted by Gasteiger charge is -2.19. The van der Waals surface area contributed by atoms with Crippen molar-refractivity contribution in [1.29, 1.82) is 15.8 Å². The molecule has 1 fully saturated rings. The first-order valence-electron chi connectivity index (χ1n) is 14.9. The van der Waals surface area contributed by atoms with Crippen molar-refractivity contribution >= 4 is 16.7 Å². The third-order valence-corrected chi connectivity index (χ3v) is 7.53. The Labute approximate surface area is 328 Å². The van der Waals surface area contributed by atoms with Gasteiger partial charge in [-0.15, -0.1) is 0 Å². The van der Waals surface area contributed by atoms with Gasteiger partial charge < -0.3 is 0 Å². The molecule has 0 aromatic carbocycles. The number of nitrogens with zero attached hydrogens (tertiary/aromatic N) is 9. The van der Waals surface area contributed by atoms with Crippen LogP contribution in [0.3, 0.4) is 0 Å². The van der Waals surface area contributed by atoms with Crippen molar-refractivity contribution in [3.05, 3.63) is 85.0 Å². The Morgan fingerprint density at radius 2 is 0.508 bits per heavy atom. The van der Waals surface area contributed by atoms with E-state index < -0.39 is 151 Å². The van der Waals surface area contributed by atoms with Crippen LogP contribution in [0.1, 0.15) is 68.3 Å². The highest BCUT2D eigenvalue weighted by Gasteiger charge is 2.55. The highest BCUT2D eigenvalue weighted by atomic mass is 19.4. The molecule has 1 aliphatic carbocycles. The molecule has 3 heterocycles. The van der Waals surface area contributed by atoms with Crippen molar-refractivity contribution in [2.24, 2.45) is 0 Å². The topological polar surface area (TPSA) is 149 Å². The summed E-state index contributed by atoms with van der Waals surface area (Å²) in [5, 5.41) is 30.0. The highest BCUT2D eigenvalue weighted by Crippen LogP contribution is 2.59. The zero-order valence-corrected chi connectivity index (χ0v) is 28.6. The lowest BCUT2D eigenvalue weighted by Crippen LogP contribution is -2.25. The molecule has 0 aliphatic heterocycles. The maximum Gasteiger partial charge on any atom is 0.451 e. The van der Waals surface area contributed by atoms with Crippen LogP contribution in [0.2, 0.25) is 0 Å². The second-order valence-corrected chi connectivity index (χ2v) is 11.7. The van der Waals surface area contributed by atoms with Gasteiger partial charge in [0.1, 0.15) is 18.2 Å². The molecular formula is C30H3F24N9. The molecule has 0 unspecified atom stereocenters. The molecule has 0 radical (unpaired) electrons. The summed E-state index contributed by atoms with van der Waals surface area (Å²) in [5.41, 5.74) is -41.5. The van der Waals surface area contributed by atoms with Crippen LogP contribution in [0, 0.1) is 40.9 Å². The number of aromatic nitrogens is 6. The Hall–Kier alpha value is -6.75. The van der Waals surface area contributed by atoms with Crippen molar-refractivity contribution in [2.75, 3.05) is 0 Å². The van der Waals surface area contributed by atoms with E-state index in [0.717, 1.165) is 0 Å². The Morgan fingerprint density at radius 3 is 0.698 bits per heavy atom. The summed E-state index contributed by atoms with van der Waals surface area (Å²) < 4.78 is 336. The minimum absolute atomic E-state index is 0.116. The van der Waals surface area contributed by atoms with Gasteiger partial charge in [0.05, 0.1) is 33.5 Å². The molecule has 3 aromatic heterocycles. The van der Waals surface area contributed by atoms with Crippen LogP contribution in [0.25, 0.3) is 16.7 Å². The summed E-state index contributed by atoms with van der Waals surface area (Å²) in [7, 11) is 0. The van der Waals surface area contributed by atoms with Gasteiger partial charge in [0.15, 0.2) is 28.5 Å². The summed E-state index contributed by atoms with van der Waals surface area (Å²) in [6.07, 6.45) is -51.7. The van der Waals surface area contributed by atoms with Crippen LogP contribution in [0.4, 0.5) is 105 Å². The van der Waals surface area contributed by atoms with Crippen LogP contribution in [-0.4, -0.2) is 29.9 Å². The Morgan fingerprint density at radius 1 is 0.317 bits per heavy atom. The maximum atomic E-state index is 14.3. The maximum absolute atomic E-state index is 14.3. The van der Waals surface area contributed by atoms with E-state index in [2.05, 4.69) is 9.97 Å². The first-order chi connectivity index (χ1) is 28.1. The second kappa shape index (κ2) is 15.0. The molecule has 0 amide bonds. The lowest BCUT2D eigenvalue weighted by atomic mass is 9.98. The van der Waals surface area contributed by atoms with Crippen LogP contribution in [-0.2, 0) is 49.4 Å². The molecule has 1 aliphatic rings. The Bertz CT molecular complexity index is 2440. The quantitative estimate of drug-likeness (QED) is 0.185. The van der Waals surface area contributed by atoms with E-state index in [4.69, 9.17) is 0 Å². The molecule has 63 heavy (non-hydrogen) atoms. The zero-order valence-electron chi connectivity index (χ0n) is 28.6. The van der Waals surface area contributed by atoms with Gasteiger partial charge in [0, 0.05) is 22.3 Å². The fourth-order valence-corrected chi connectivity index (χ4v) is 5.32. The van der Waals surface area contributed by atoms with Crippen LogP contribution < -0.4 is 0 Å². The lowest BCUT2D eigenvalue weighted by molar-refractivity contribution is -0.162. The van der Waals surface area contributed by atoms with E-state index in [0.29, 0.717) is 18.2 Å². The molecular weight excluding hydrogens is 942 g/mol. The smallest absolute Gasteiger partial charge is 0.229 e. The second-order valence-electron chi connectivity index (χ2n) is 11.7. The van der Waals surface area contributed by atoms with Gasteiger partial charge in [0.25, 0.3) is 0 Å². The van der Waals surface area contributed by atoms with Crippen LogP contribution in [0.5, 0.6) is 0 Å². The van der Waals surface area contributed by atoms with Gasteiger partial charge in [-0.1, -0.05) is 0 Å². The van der Waals surface area contributed by atoms with E-state index in [1.54, 1.807) is 0 Å². The number of allylic oxidation sites excluding steroid dienone is 6. The summed E-state index contributed by atoms with van der Waals surface area (Å²) in [6, 6.07) is 1.42. The van der Waals surface area contributed by atoms with Crippen LogP contribution in [0.15, 0.2) is 16.7 Å². The SMILES string of the molecule is Cc1nc(C(F)(F)F)nc(C(F)(F)F)c1C(C#N)=C1C(=C(C#N)c2c(C(F)(F)F)nc(C(F)(F)F)nc2C(F)(F)F)C1=C(C#N)c1c(C(F)(F)F)nc(C(F)(F)F)nc1C(F)(F)F. The van der Waals surface area contributed by atoms with Gasteiger partial charge in [-0.25, -0.2) is 29.9 Å². The van der Waals surface area contributed by atoms with Crippen molar-refractivity contribution in [1.82, 2.24) is 29.9 Å². The fraction of sp³-hybridized carbons (Fsp3) is 0.300. The molecule has 33 heteroatoms. The monoisotopic (exact) mass is 945 g/mol. The summed E-state index contributed by atoms with van der Waals surface area (Å²) in [6.45, 7) is 0.116. The van der Waals surface area contributed by atoms with Crippen molar-refractivity contribution in [3.8, 4) is 18.2 Å². The van der Waals surface area contributed by atoms with E-state index in [1.165, 1.54) is 0 Å². The Kier molecular flexibility index (Phi) is 11.6. The number of hydrogen-bond donors (Lipinski definition) is 0. The first kappa shape index (κ1) is 48.9. The van der Waals surface area contributed by atoms with E-state index in [1.807, 2.05) is 19.9 Å². The fourth-order valence-electron chi connectivity index (χ4n) is 5.32. The number of aryl methyl sites for hydroxylation is 1. The molecule has 4 rings (SSSR count). The number of rotatable bonds is 3. The van der Waals surface area contributed by atoms with E-state index in [9.17, 15) is 121 Å². The molecule has 0 bridgehead atoms. The van der Waals surface area contributed by atoms with Crippen molar-refractivity contribution in [2.45, 2.75) is 56.3 Å². The largest absolute Gasteiger partial charge is 0.451 e. The van der Waals surface area contributed by atoms with Gasteiger partial charge in [0.2, 0.25) is 17.5 Å². The average molecular weight is 945 g/mol. The molecule has 1 saturated carbocycles. The number of hydrogen-bond acceptors (Lipinski definition) is 9. The first-order valence-corrected chi connectivity index (χ1v) is 14.9. The summed E-state index contributed by atoms with van der Waals surface area (Å²) in [4.78, 5) is 12.3. The van der Waals surface area contributed by atoms with E-state index >= 15 is 0 Å². The van der Waals surface area contributed by atoms with Crippen LogP contribution >= 0.6 is 0 Å². The predicted octanol–water partition coefficient (Wildman–Crippen LogP) is 10.8. The van der Waals surface area contributed by atoms with Gasteiger partial charge in [-0.05, 0) is 6.92 Å². The summed E-state index contributed by atoms with van der Waals surface area (Å²) >= 11 is 0. The normalized spacial score (nSPS) is 16.0. The van der Waals surface area contributed by atoms with Crippen molar-refractivity contribution in [3.63, 3.8) is 0 Å². The van der Waals surface area contributed by atoms with Crippen molar-refractivity contribution < 1.29 is 105 Å². The predicted molar refractivity (Wildman–Crippen MR) is 148 cm³/mol. The third-order valence-electron chi connectivity index (χ3n) is 7.53. The average Bonchev–Trinajstić information content (AvgIpc) is 3.79. The highest BCUT2D eigenvalue weighted by molar-refractivity contribution is 6.13. The number of nitriles is 3. The van der Waals surface area contributed by atoms with E-state index in [-0.39, 0.29) is 6.92 Å². The number of halogens is 24. The standard InChI is InChI=1S/C30H3F24N9/c1-5-9(15(23(31,32)33)59-20(58-5)28(46,47)48)6(2-55)10-11(7(3-56)13-16(24(34,35)36)60-21(29(49,50)51)61-17(13)25(37,38)39)12(10)8(4-57)14-18(26(40,41)42)62-22(30(52,53)54)63-19(14)27(43,44)45/h1H3. The summed E-state index contributed by atoms with van der Waals surface area (Å²) in [5.74, 6) is -9.36. The minimum atomic E-state index is -6.69. The van der Waals surface area contributed by atoms with Gasteiger partial charge in [-0.3, -0.25) is 0 Å². The molecule has 0 spiro atoms. The number of alkyl halides is 24. The van der Waals surface area contributed by atoms with Gasteiger partial charge in [-0.2, -0.15) is 121 Å². The molecule has 0 saturated heterocycles. The molecule has 3 aromatic rings. The minimum Gasteiger partial charge on any atom is -0.229 e. The zero-order chi connectivity index (χ0) is 48.8. The molecule has 336 valence electrons. The molecule has 0 N–H and O–H groups in total.